The molecule has 25 heavy (non-hydrogen) atoms. The molecule has 2 aromatic rings. The van der Waals surface area contributed by atoms with Crippen LogP contribution in [0.15, 0.2) is 90.1 Å². The van der Waals surface area contributed by atoms with E-state index in [9.17, 15) is 9.90 Å². The Labute approximate surface area is 146 Å². The number of ether oxygens (including phenoxy) is 1. The molecule has 1 amide bonds. The second-order valence-corrected chi connectivity index (χ2v) is 5.81. The maximum atomic E-state index is 12.2. The summed E-state index contributed by atoms with van der Waals surface area (Å²) in [5.41, 5.74) is 3.57. The first-order valence-electron chi connectivity index (χ1n) is 7.96. The number of benzene rings is 2. The van der Waals surface area contributed by atoms with Gasteiger partial charge in [0.2, 0.25) is 5.76 Å². The van der Waals surface area contributed by atoms with Gasteiger partial charge in [0, 0.05) is 12.1 Å². The van der Waals surface area contributed by atoms with Crippen LogP contribution in [0.1, 0.15) is 12.5 Å². The molecule has 2 aromatic carbocycles. The Kier molecular flexibility index (Phi) is 4.70. The van der Waals surface area contributed by atoms with Gasteiger partial charge in [-0.25, -0.2) is 0 Å². The van der Waals surface area contributed by atoms with Gasteiger partial charge in [-0.2, -0.15) is 0 Å². The average molecular weight is 333 g/mol. The normalized spacial score (nSPS) is 14.0. The number of hydrogen-bond donors (Lipinski definition) is 2. The Morgan fingerprint density at radius 1 is 1.08 bits per heavy atom. The predicted molar refractivity (Wildman–Crippen MR) is 97.4 cm³/mol. The molecule has 1 aliphatic rings. The summed E-state index contributed by atoms with van der Waals surface area (Å²) in [4.78, 5) is 12.2. The van der Waals surface area contributed by atoms with E-state index in [1.165, 1.54) is 0 Å². The number of aliphatic hydroxyl groups is 1. The van der Waals surface area contributed by atoms with Crippen LogP contribution in [0.25, 0.3) is 11.1 Å². The summed E-state index contributed by atoms with van der Waals surface area (Å²) in [6.45, 7) is 5.73. The summed E-state index contributed by atoms with van der Waals surface area (Å²) in [5.74, 6) is -0.313. The van der Waals surface area contributed by atoms with Crippen molar-refractivity contribution in [3.8, 4) is 11.1 Å². The Hall–Kier alpha value is -3.27. The minimum Gasteiger partial charge on any atom is -0.504 e. The molecule has 0 spiro atoms. The fraction of sp³-hybridized carbons (Fsp3) is 0.0952. The third-order valence-electron chi connectivity index (χ3n) is 3.88. The van der Waals surface area contributed by atoms with Crippen LogP contribution in [0.4, 0.5) is 0 Å². The highest BCUT2D eigenvalue weighted by Gasteiger charge is 2.22. The first-order chi connectivity index (χ1) is 12.0. The van der Waals surface area contributed by atoms with Gasteiger partial charge < -0.3 is 15.2 Å². The lowest BCUT2D eigenvalue weighted by Crippen LogP contribution is -2.27. The SMILES string of the molecule is C=C1C=C(C)OC(C(=O)NCc2ccc(-c3ccccc3)cc2)=C1O. The highest BCUT2D eigenvalue weighted by atomic mass is 16.5. The summed E-state index contributed by atoms with van der Waals surface area (Å²) in [6.07, 6.45) is 1.58. The van der Waals surface area contributed by atoms with Crippen molar-refractivity contribution in [1.29, 1.82) is 0 Å². The fourth-order valence-electron chi connectivity index (χ4n) is 2.56. The van der Waals surface area contributed by atoms with E-state index < -0.39 is 5.91 Å². The van der Waals surface area contributed by atoms with E-state index in [1.54, 1.807) is 13.0 Å². The number of aliphatic hydroxyl groups excluding tert-OH is 1. The quantitative estimate of drug-likeness (QED) is 0.880. The molecule has 0 bridgehead atoms. The maximum absolute atomic E-state index is 12.2. The summed E-state index contributed by atoms with van der Waals surface area (Å²) >= 11 is 0. The van der Waals surface area contributed by atoms with Crippen LogP contribution in [-0.4, -0.2) is 11.0 Å². The van der Waals surface area contributed by atoms with E-state index >= 15 is 0 Å². The van der Waals surface area contributed by atoms with Crippen molar-refractivity contribution in [3.05, 3.63) is 95.7 Å². The predicted octanol–water partition coefficient (Wildman–Crippen LogP) is 4.23. The zero-order valence-corrected chi connectivity index (χ0v) is 14.0. The van der Waals surface area contributed by atoms with E-state index in [1.807, 2.05) is 42.5 Å². The van der Waals surface area contributed by atoms with Crippen LogP contribution in [0.5, 0.6) is 0 Å². The fourth-order valence-corrected chi connectivity index (χ4v) is 2.56. The second kappa shape index (κ2) is 7.09. The Morgan fingerprint density at radius 3 is 2.40 bits per heavy atom. The first-order valence-corrected chi connectivity index (χ1v) is 7.96. The van der Waals surface area contributed by atoms with Crippen molar-refractivity contribution < 1.29 is 14.6 Å². The van der Waals surface area contributed by atoms with E-state index in [0.29, 0.717) is 17.9 Å². The van der Waals surface area contributed by atoms with E-state index in [2.05, 4.69) is 24.0 Å². The van der Waals surface area contributed by atoms with Crippen molar-refractivity contribution in [1.82, 2.24) is 5.32 Å². The number of hydrogen-bond acceptors (Lipinski definition) is 3. The molecule has 0 saturated heterocycles. The topological polar surface area (TPSA) is 58.6 Å². The second-order valence-electron chi connectivity index (χ2n) is 5.81. The lowest BCUT2D eigenvalue weighted by atomic mass is 10.0. The maximum Gasteiger partial charge on any atom is 0.291 e. The van der Waals surface area contributed by atoms with Gasteiger partial charge in [-0.3, -0.25) is 4.79 Å². The van der Waals surface area contributed by atoms with Gasteiger partial charge in [-0.1, -0.05) is 61.2 Å². The Morgan fingerprint density at radius 2 is 1.72 bits per heavy atom. The Balaban J connectivity index is 1.65. The van der Waals surface area contributed by atoms with Crippen LogP contribution in [0.2, 0.25) is 0 Å². The number of carbonyl (C=O) groups excluding carboxylic acids is 1. The van der Waals surface area contributed by atoms with Crippen molar-refractivity contribution in [2.24, 2.45) is 0 Å². The molecule has 126 valence electrons. The highest BCUT2D eigenvalue weighted by molar-refractivity contribution is 5.93. The van der Waals surface area contributed by atoms with Gasteiger partial charge >= 0.3 is 0 Å². The lowest BCUT2D eigenvalue weighted by molar-refractivity contribution is -0.120. The monoisotopic (exact) mass is 333 g/mol. The van der Waals surface area contributed by atoms with Gasteiger partial charge in [-0.05, 0) is 29.7 Å². The van der Waals surface area contributed by atoms with E-state index in [-0.39, 0.29) is 11.5 Å². The molecule has 2 N–H and O–H groups in total. The molecular formula is C21H19NO3. The molecule has 4 heteroatoms. The third kappa shape index (κ3) is 3.80. The minimum atomic E-state index is -0.474. The lowest BCUT2D eigenvalue weighted by Gasteiger charge is -2.17. The van der Waals surface area contributed by atoms with Crippen molar-refractivity contribution >= 4 is 5.91 Å². The Bertz CT molecular complexity index is 862. The molecule has 0 fully saturated rings. The molecule has 0 radical (unpaired) electrons. The van der Waals surface area contributed by atoms with Crippen molar-refractivity contribution in [3.63, 3.8) is 0 Å². The van der Waals surface area contributed by atoms with Gasteiger partial charge in [0.05, 0.1) is 0 Å². The summed E-state index contributed by atoms with van der Waals surface area (Å²) in [7, 11) is 0. The zero-order chi connectivity index (χ0) is 17.8. The number of amides is 1. The number of nitrogens with one attached hydrogen (secondary N) is 1. The minimum absolute atomic E-state index is 0.120. The van der Waals surface area contributed by atoms with Crippen LogP contribution < -0.4 is 5.32 Å². The molecule has 1 aliphatic heterocycles. The van der Waals surface area contributed by atoms with Gasteiger partial charge in [0.25, 0.3) is 5.91 Å². The molecule has 1 heterocycles. The molecule has 0 saturated carbocycles. The highest BCUT2D eigenvalue weighted by Crippen LogP contribution is 2.23. The largest absolute Gasteiger partial charge is 0.504 e. The number of carbonyl (C=O) groups is 1. The third-order valence-corrected chi connectivity index (χ3v) is 3.88. The molecule has 0 atom stereocenters. The van der Waals surface area contributed by atoms with Crippen LogP contribution in [-0.2, 0) is 16.1 Å². The summed E-state index contributed by atoms with van der Waals surface area (Å²) < 4.78 is 5.31. The number of rotatable bonds is 4. The smallest absolute Gasteiger partial charge is 0.291 e. The van der Waals surface area contributed by atoms with Crippen LogP contribution >= 0.6 is 0 Å². The average Bonchev–Trinajstić information content (AvgIpc) is 2.64. The van der Waals surface area contributed by atoms with Gasteiger partial charge in [0.1, 0.15) is 5.76 Å². The standard InChI is InChI=1S/C21H19NO3/c1-14-12-15(2)25-20(19(14)23)21(24)22-13-16-8-10-18(11-9-16)17-6-4-3-5-7-17/h3-12,23H,1,13H2,2H3,(H,22,24). The zero-order valence-electron chi connectivity index (χ0n) is 14.0. The molecule has 0 unspecified atom stereocenters. The van der Waals surface area contributed by atoms with Gasteiger partial charge in [-0.15, -0.1) is 0 Å². The molecule has 3 rings (SSSR count). The van der Waals surface area contributed by atoms with Crippen LogP contribution in [0, 0.1) is 0 Å². The molecular weight excluding hydrogens is 314 g/mol. The summed E-state index contributed by atoms with van der Waals surface area (Å²) in [5, 5.41) is 12.7. The van der Waals surface area contributed by atoms with Crippen molar-refractivity contribution in [2.45, 2.75) is 13.5 Å². The molecule has 0 aliphatic carbocycles. The number of allylic oxidation sites excluding steroid dienone is 2. The molecule has 4 nitrogen and oxygen atoms in total. The van der Waals surface area contributed by atoms with E-state index in [0.717, 1.165) is 16.7 Å². The molecule has 0 aromatic heterocycles. The van der Waals surface area contributed by atoms with Crippen LogP contribution in [0.3, 0.4) is 0 Å². The summed E-state index contributed by atoms with van der Waals surface area (Å²) in [6, 6.07) is 18.0. The van der Waals surface area contributed by atoms with Gasteiger partial charge in [0.15, 0.2) is 5.76 Å². The first kappa shape index (κ1) is 16.6. The van der Waals surface area contributed by atoms with Crippen molar-refractivity contribution in [2.75, 3.05) is 0 Å². The van der Waals surface area contributed by atoms with E-state index in [4.69, 9.17) is 4.74 Å².